The fraction of sp³-hybridized carbons (Fsp3) is 0.360. The molecule has 2 aromatic rings. The summed E-state index contributed by atoms with van der Waals surface area (Å²) in [5.41, 5.74) is 5.38. The number of hydrogen-bond donors (Lipinski definition) is 0. The molecule has 0 saturated heterocycles. The lowest BCUT2D eigenvalue weighted by atomic mass is 10.1. The highest BCUT2D eigenvalue weighted by Gasteiger charge is 2.35. The second kappa shape index (κ2) is 7.95. The number of para-hydroxylation sites is 2. The number of hydrogen-bond acceptors (Lipinski definition) is 4. The lowest BCUT2D eigenvalue weighted by molar-refractivity contribution is -0.117. The summed E-state index contributed by atoms with van der Waals surface area (Å²) in [7, 11) is 0. The Hall–Kier alpha value is -2.53. The van der Waals surface area contributed by atoms with Crippen molar-refractivity contribution in [1.29, 1.82) is 0 Å². The van der Waals surface area contributed by atoms with Crippen molar-refractivity contribution in [2.45, 2.75) is 50.3 Å². The Bertz CT molecular complexity index is 1020. The number of fused-ring (bicyclic) bond motifs is 2. The summed E-state index contributed by atoms with van der Waals surface area (Å²) in [4.78, 5) is 22.6. The number of thioether (sulfide) groups is 1. The van der Waals surface area contributed by atoms with Gasteiger partial charge in [0.2, 0.25) is 5.91 Å². The summed E-state index contributed by atoms with van der Waals surface area (Å²) in [6.45, 7) is 7.20. The van der Waals surface area contributed by atoms with Crippen LogP contribution in [0.25, 0.3) is 5.70 Å². The van der Waals surface area contributed by atoms with E-state index in [2.05, 4.69) is 29.7 Å². The molecule has 30 heavy (non-hydrogen) atoms. The summed E-state index contributed by atoms with van der Waals surface area (Å²) < 4.78 is 0. The van der Waals surface area contributed by atoms with E-state index in [9.17, 15) is 4.79 Å². The van der Waals surface area contributed by atoms with E-state index in [0.29, 0.717) is 6.04 Å². The van der Waals surface area contributed by atoms with E-state index in [4.69, 9.17) is 4.99 Å². The number of amidine groups is 1. The molecule has 0 radical (unpaired) electrons. The van der Waals surface area contributed by atoms with Gasteiger partial charge in [-0.05, 0) is 43.9 Å². The molecule has 0 N–H and O–H groups in total. The van der Waals surface area contributed by atoms with Gasteiger partial charge in [0.1, 0.15) is 0 Å². The van der Waals surface area contributed by atoms with Crippen molar-refractivity contribution >= 4 is 39.9 Å². The molecule has 2 aliphatic heterocycles. The lowest BCUT2D eigenvalue weighted by Crippen LogP contribution is -2.41. The summed E-state index contributed by atoms with van der Waals surface area (Å²) in [5.74, 6) is 0.156. The van der Waals surface area contributed by atoms with Crippen molar-refractivity contribution in [3.63, 3.8) is 0 Å². The third-order valence-corrected chi connectivity index (χ3v) is 7.45. The number of carbonyl (C=O) groups is 1. The Balaban J connectivity index is 1.42. The van der Waals surface area contributed by atoms with Gasteiger partial charge in [0.15, 0.2) is 5.17 Å². The van der Waals surface area contributed by atoms with Crippen LogP contribution in [-0.4, -0.2) is 33.8 Å². The van der Waals surface area contributed by atoms with E-state index in [1.807, 2.05) is 42.2 Å². The Morgan fingerprint density at radius 3 is 2.70 bits per heavy atom. The van der Waals surface area contributed by atoms with Crippen LogP contribution >= 0.6 is 11.8 Å². The Kier molecular flexibility index (Phi) is 5.15. The van der Waals surface area contributed by atoms with Crippen LogP contribution in [0.15, 0.2) is 60.1 Å². The van der Waals surface area contributed by atoms with E-state index < -0.39 is 0 Å². The summed E-state index contributed by atoms with van der Waals surface area (Å²) >= 11 is 1.58. The SMILES string of the molecule is C=C1c2ccccc2N=C(SC(C)C(=O)N2CCc3ccccc32)N1C1CCCC1. The van der Waals surface area contributed by atoms with Gasteiger partial charge in [-0.2, -0.15) is 0 Å². The number of nitrogens with zero attached hydrogens (tertiary/aromatic N) is 3. The van der Waals surface area contributed by atoms with Gasteiger partial charge in [-0.15, -0.1) is 0 Å². The van der Waals surface area contributed by atoms with E-state index in [-0.39, 0.29) is 11.2 Å². The molecule has 0 bridgehead atoms. The maximum absolute atomic E-state index is 13.3. The first-order valence-corrected chi connectivity index (χ1v) is 11.7. The Morgan fingerprint density at radius 2 is 1.87 bits per heavy atom. The van der Waals surface area contributed by atoms with Crippen molar-refractivity contribution in [2.75, 3.05) is 11.4 Å². The molecule has 5 rings (SSSR count). The molecule has 1 fully saturated rings. The number of benzene rings is 2. The molecule has 0 spiro atoms. The number of amides is 1. The predicted molar refractivity (Wildman–Crippen MR) is 126 cm³/mol. The summed E-state index contributed by atoms with van der Waals surface area (Å²) in [5, 5.41) is 0.704. The zero-order valence-corrected chi connectivity index (χ0v) is 18.2. The average Bonchev–Trinajstić information content (AvgIpc) is 3.43. The van der Waals surface area contributed by atoms with Gasteiger partial charge in [-0.1, -0.05) is 67.6 Å². The second-order valence-corrected chi connectivity index (χ2v) is 9.60. The maximum atomic E-state index is 13.3. The minimum absolute atomic E-state index is 0.156. The number of carbonyl (C=O) groups excluding carboxylic acids is 1. The highest BCUT2D eigenvalue weighted by molar-refractivity contribution is 8.14. The van der Waals surface area contributed by atoms with Gasteiger partial charge in [-0.3, -0.25) is 4.79 Å². The van der Waals surface area contributed by atoms with Crippen LogP contribution < -0.4 is 4.90 Å². The van der Waals surface area contributed by atoms with Crippen LogP contribution in [0.4, 0.5) is 11.4 Å². The lowest BCUT2D eigenvalue weighted by Gasteiger charge is -2.37. The Morgan fingerprint density at radius 1 is 1.13 bits per heavy atom. The molecule has 1 unspecified atom stereocenters. The van der Waals surface area contributed by atoms with Crippen molar-refractivity contribution in [3.05, 3.63) is 66.2 Å². The average molecular weight is 418 g/mol. The molecule has 1 atom stereocenters. The maximum Gasteiger partial charge on any atom is 0.240 e. The molecule has 2 heterocycles. The van der Waals surface area contributed by atoms with Gasteiger partial charge in [0, 0.05) is 29.5 Å². The first-order valence-electron chi connectivity index (χ1n) is 10.9. The van der Waals surface area contributed by atoms with E-state index in [0.717, 1.165) is 53.6 Å². The van der Waals surface area contributed by atoms with E-state index in [1.165, 1.54) is 18.4 Å². The van der Waals surface area contributed by atoms with E-state index >= 15 is 0 Å². The molecule has 0 aromatic heterocycles. The number of anilines is 1. The first-order chi connectivity index (χ1) is 14.6. The van der Waals surface area contributed by atoms with Crippen molar-refractivity contribution in [2.24, 2.45) is 4.99 Å². The zero-order valence-electron chi connectivity index (χ0n) is 17.4. The molecule has 3 aliphatic rings. The molecule has 2 aromatic carbocycles. The monoisotopic (exact) mass is 417 g/mol. The quantitative estimate of drug-likeness (QED) is 0.651. The standard InChI is InChI=1S/C25H27N3OS/c1-17-21-12-6-7-13-22(21)26-25(28(17)20-10-4-5-11-20)30-18(2)24(29)27-16-15-19-9-3-8-14-23(19)27/h3,6-9,12-14,18,20H,1,4-5,10-11,15-16H2,2H3. The molecule has 4 nitrogen and oxygen atoms in total. The highest BCUT2D eigenvalue weighted by atomic mass is 32.2. The molecular weight excluding hydrogens is 390 g/mol. The molecule has 154 valence electrons. The van der Waals surface area contributed by atoms with Crippen molar-refractivity contribution in [3.8, 4) is 0 Å². The second-order valence-electron chi connectivity index (χ2n) is 8.30. The third-order valence-electron chi connectivity index (χ3n) is 6.40. The fourth-order valence-electron chi connectivity index (χ4n) is 4.83. The van der Waals surface area contributed by atoms with Crippen LogP contribution in [-0.2, 0) is 11.2 Å². The van der Waals surface area contributed by atoms with Gasteiger partial charge in [-0.25, -0.2) is 4.99 Å². The number of rotatable bonds is 3. The van der Waals surface area contributed by atoms with Crippen LogP contribution in [0.1, 0.15) is 43.7 Å². The van der Waals surface area contributed by atoms with Gasteiger partial charge in [0.05, 0.1) is 10.9 Å². The van der Waals surface area contributed by atoms with Crippen LogP contribution in [0.2, 0.25) is 0 Å². The molecule has 5 heteroatoms. The highest BCUT2D eigenvalue weighted by Crippen LogP contribution is 2.41. The topological polar surface area (TPSA) is 35.9 Å². The minimum atomic E-state index is -0.211. The summed E-state index contributed by atoms with van der Waals surface area (Å²) in [6, 6.07) is 16.8. The van der Waals surface area contributed by atoms with Crippen LogP contribution in [0.3, 0.4) is 0 Å². The normalized spacial score (nSPS) is 19.5. The molecule has 1 saturated carbocycles. The van der Waals surface area contributed by atoms with Gasteiger partial charge < -0.3 is 9.80 Å². The molecular formula is C25H27N3OS. The van der Waals surface area contributed by atoms with Gasteiger partial charge in [0.25, 0.3) is 0 Å². The first kappa shape index (κ1) is 19.4. The Labute approximate surface area is 182 Å². The largest absolute Gasteiger partial charge is 0.318 e. The van der Waals surface area contributed by atoms with Crippen LogP contribution in [0.5, 0.6) is 0 Å². The fourth-order valence-corrected chi connectivity index (χ4v) is 5.90. The van der Waals surface area contributed by atoms with Crippen LogP contribution in [0, 0.1) is 0 Å². The number of aliphatic imine (C=N–C) groups is 1. The third kappa shape index (κ3) is 3.35. The van der Waals surface area contributed by atoms with Crippen molar-refractivity contribution < 1.29 is 4.79 Å². The minimum Gasteiger partial charge on any atom is -0.318 e. The molecule has 1 aliphatic carbocycles. The molecule has 1 amide bonds. The smallest absolute Gasteiger partial charge is 0.240 e. The zero-order chi connectivity index (χ0) is 20.7. The van der Waals surface area contributed by atoms with Gasteiger partial charge >= 0.3 is 0 Å². The van der Waals surface area contributed by atoms with Crippen molar-refractivity contribution in [1.82, 2.24) is 4.90 Å². The summed E-state index contributed by atoms with van der Waals surface area (Å²) in [6.07, 6.45) is 5.73. The predicted octanol–water partition coefficient (Wildman–Crippen LogP) is 5.61. The van der Waals surface area contributed by atoms with E-state index in [1.54, 1.807) is 11.8 Å².